The van der Waals surface area contributed by atoms with E-state index in [4.69, 9.17) is 0 Å². The minimum atomic E-state index is -3.29. The lowest BCUT2D eigenvalue weighted by molar-refractivity contribution is 0.102. The predicted molar refractivity (Wildman–Crippen MR) is 88.5 cm³/mol. The van der Waals surface area contributed by atoms with E-state index in [1.54, 1.807) is 6.92 Å². The molecule has 1 aliphatic carbocycles. The summed E-state index contributed by atoms with van der Waals surface area (Å²) in [5.41, 5.74) is 0.392. The molecule has 0 saturated heterocycles. The number of hydrogen-bond donors (Lipinski definition) is 1. The first-order valence-electron chi connectivity index (χ1n) is 7.42. The molecule has 1 amide bonds. The van der Waals surface area contributed by atoms with Crippen LogP contribution < -0.4 is 5.32 Å². The molecule has 0 radical (unpaired) electrons. The van der Waals surface area contributed by atoms with Crippen molar-refractivity contribution in [1.29, 1.82) is 0 Å². The molecule has 0 spiro atoms. The van der Waals surface area contributed by atoms with Crippen molar-refractivity contribution in [3.63, 3.8) is 0 Å². The van der Waals surface area contributed by atoms with E-state index in [0.29, 0.717) is 10.7 Å². The molecule has 23 heavy (non-hydrogen) atoms. The smallest absolute Gasteiger partial charge is 0.257 e. The van der Waals surface area contributed by atoms with E-state index in [2.05, 4.69) is 15.5 Å². The van der Waals surface area contributed by atoms with Crippen molar-refractivity contribution in [1.82, 2.24) is 10.2 Å². The number of aryl methyl sites for hydroxylation is 1. The largest absolute Gasteiger partial charge is 0.296 e. The van der Waals surface area contributed by atoms with Crippen LogP contribution in [0.4, 0.5) is 5.13 Å². The molecule has 0 unspecified atom stereocenters. The van der Waals surface area contributed by atoms with Crippen LogP contribution in [-0.4, -0.2) is 29.8 Å². The van der Waals surface area contributed by atoms with Gasteiger partial charge in [0.25, 0.3) is 5.91 Å². The summed E-state index contributed by atoms with van der Waals surface area (Å²) in [5, 5.41) is 11.2. The highest BCUT2D eigenvalue weighted by Gasteiger charge is 2.30. The Kier molecular flexibility index (Phi) is 4.45. The molecule has 2 aromatic rings. The van der Waals surface area contributed by atoms with E-state index >= 15 is 0 Å². The standard InChI is InChI=1S/C15H17N3O3S2/c1-10-17-18-15(22-10)16-14(19)11-6-8-13(9-7-11)23(20,21)12-4-2-3-5-12/h6-9,12H,2-5H2,1H3,(H,16,18,19). The van der Waals surface area contributed by atoms with Gasteiger partial charge in [-0.15, -0.1) is 10.2 Å². The van der Waals surface area contributed by atoms with Crippen LogP contribution in [-0.2, 0) is 9.84 Å². The Bertz CT molecular complexity index is 807. The molecule has 0 bridgehead atoms. The SMILES string of the molecule is Cc1nnc(NC(=O)c2ccc(S(=O)(=O)C3CCCC3)cc2)s1. The summed E-state index contributed by atoms with van der Waals surface area (Å²) in [4.78, 5) is 12.4. The Morgan fingerprint density at radius 1 is 1.17 bits per heavy atom. The topological polar surface area (TPSA) is 89.0 Å². The number of sulfone groups is 1. The lowest BCUT2D eigenvalue weighted by atomic mass is 10.2. The van der Waals surface area contributed by atoms with Gasteiger partial charge in [-0.1, -0.05) is 24.2 Å². The number of aromatic nitrogens is 2. The van der Waals surface area contributed by atoms with E-state index in [9.17, 15) is 13.2 Å². The molecule has 1 N–H and O–H groups in total. The van der Waals surface area contributed by atoms with E-state index in [0.717, 1.165) is 30.7 Å². The zero-order chi connectivity index (χ0) is 16.4. The number of amides is 1. The van der Waals surface area contributed by atoms with Gasteiger partial charge in [0.1, 0.15) is 5.01 Å². The number of rotatable bonds is 4. The minimum Gasteiger partial charge on any atom is -0.296 e. The van der Waals surface area contributed by atoms with Crippen molar-refractivity contribution in [3.8, 4) is 0 Å². The third-order valence-electron chi connectivity index (χ3n) is 3.93. The molecule has 8 heteroatoms. The van der Waals surface area contributed by atoms with Crippen LogP contribution in [0, 0.1) is 6.92 Å². The second-order valence-electron chi connectivity index (χ2n) is 5.56. The van der Waals surface area contributed by atoms with Gasteiger partial charge in [0.15, 0.2) is 9.84 Å². The number of carbonyl (C=O) groups is 1. The van der Waals surface area contributed by atoms with Crippen molar-refractivity contribution >= 4 is 32.2 Å². The van der Waals surface area contributed by atoms with Gasteiger partial charge in [-0.25, -0.2) is 8.42 Å². The summed E-state index contributed by atoms with van der Waals surface area (Å²) in [7, 11) is -3.29. The Morgan fingerprint density at radius 3 is 2.39 bits per heavy atom. The van der Waals surface area contributed by atoms with Gasteiger partial charge in [0.05, 0.1) is 10.1 Å². The fourth-order valence-electron chi connectivity index (χ4n) is 2.70. The fraction of sp³-hybridized carbons (Fsp3) is 0.400. The predicted octanol–water partition coefficient (Wildman–Crippen LogP) is 2.82. The van der Waals surface area contributed by atoms with Gasteiger partial charge in [0.2, 0.25) is 5.13 Å². The normalized spacial score (nSPS) is 15.7. The first kappa shape index (κ1) is 16.1. The zero-order valence-electron chi connectivity index (χ0n) is 12.7. The summed E-state index contributed by atoms with van der Waals surface area (Å²) in [5.74, 6) is -0.328. The zero-order valence-corrected chi connectivity index (χ0v) is 14.3. The van der Waals surface area contributed by atoms with Crippen molar-refractivity contribution in [3.05, 3.63) is 34.8 Å². The molecule has 1 aromatic heterocycles. The van der Waals surface area contributed by atoms with Gasteiger partial charge < -0.3 is 0 Å². The number of benzene rings is 1. The van der Waals surface area contributed by atoms with Crippen molar-refractivity contribution in [2.75, 3.05) is 5.32 Å². The third kappa shape index (κ3) is 3.42. The molecule has 1 aliphatic rings. The quantitative estimate of drug-likeness (QED) is 0.915. The van der Waals surface area contributed by atoms with Crippen LogP contribution in [0.25, 0.3) is 0 Å². The second kappa shape index (κ2) is 6.37. The third-order valence-corrected chi connectivity index (χ3v) is 6.96. The Morgan fingerprint density at radius 2 is 1.83 bits per heavy atom. The maximum Gasteiger partial charge on any atom is 0.257 e. The second-order valence-corrected chi connectivity index (χ2v) is 8.97. The minimum absolute atomic E-state index is 0.285. The molecule has 1 aromatic carbocycles. The lowest BCUT2D eigenvalue weighted by Gasteiger charge is -2.11. The number of anilines is 1. The van der Waals surface area contributed by atoms with E-state index in [-0.39, 0.29) is 16.1 Å². The highest BCUT2D eigenvalue weighted by Crippen LogP contribution is 2.29. The van der Waals surface area contributed by atoms with Crippen LogP contribution in [0.2, 0.25) is 0 Å². The number of hydrogen-bond acceptors (Lipinski definition) is 6. The van der Waals surface area contributed by atoms with Crippen LogP contribution in [0.15, 0.2) is 29.2 Å². The number of carbonyl (C=O) groups excluding carboxylic acids is 1. The highest BCUT2D eigenvalue weighted by molar-refractivity contribution is 7.92. The summed E-state index contributed by atoms with van der Waals surface area (Å²) in [6, 6.07) is 6.08. The molecule has 1 saturated carbocycles. The average molecular weight is 351 g/mol. The van der Waals surface area contributed by atoms with E-state index in [1.807, 2.05) is 0 Å². The van der Waals surface area contributed by atoms with Crippen LogP contribution in [0.3, 0.4) is 0 Å². The molecule has 3 rings (SSSR count). The monoisotopic (exact) mass is 351 g/mol. The van der Waals surface area contributed by atoms with E-state index < -0.39 is 9.84 Å². The summed E-state index contributed by atoms with van der Waals surface area (Å²) in [6.07, 6.45) is 3.37. The van der Waals surface area contributed by atoms with Crippen LogP contribution in [0.1, 0.15) is 41.0 Å². The van der Waals surface area contributed by atoms with Gasteiger partial charge in [0, 0.05) is 5.56 Å². The van der Waals surface area contributed by atoms with Gasteiger partial charge in [-0.05, 0) is 44.0 Å². The summed E-state index contributed by atoms with van der Waals surface area (Å²) in [6.45, 7) is 1.80. The van der Waals surface area contributed by atoms with Crippen LogP contribution in [0.5, 0.6) is 0 Å². The number of nitrogens with zero attached hydrogens (tertiary/aromatic N) is 2. The first-order valence-corrected chi connectivity index (χ1v) is 9.78. The molecular weight excluding hydrogens is 334 g/mol. The summed E-state index contributed by atoms with van der Waals surface area (Å²) < 4.78 is 25.0. The molecule has 0 atom stereocenters. The first-order chi connectivity index (χ1) is 11.0. The molecular formula is C15H17N3O3S2. The summed E-state index contributed by atoms with van der Waals surface area (Å²) >= 11 is 1.28. The fourth-order valence-corrected chi connectivity index (χ4v) is 5.14. The molecule has 0 aliphatic heterocycles. The average Bonchev–Trinajstić information content (AvgIpc) is 3.19. The molecule has 122 valence electrons. The Balaban J connectivity index is 1.75. The van der Waals surface area contributed by atoms with Gasteiger partial charge in [-0.2, -0.15) is 0 Å². The van der Waals surface area contributed by atoms with E-state index in [1.165, 1.54) is 35.6 Å². The maximum absolute atomic E-state index is 12.5. The highest BCUT2D eigenvalue weighted by atomic mass is 32.2. The molecule has 1 fully saturated rings. The Labute approximate surface area is 138 Å². The van der Waals surface area contributed by atoms with Crippen molar-refractivity contribution in [2.45, 2.75) is 42.8 Å². The molecule has 6 nitrogen and oxygen atoms in total. The molecule has 1 heterocycles. The number of nitrogens with one attached hydrogen (secondary N) is 1. The lowest BCUT2D eigenvalue weighted by Crippen LogP contribution is -2.18. The van der Waals surface area contributed by atoms with Crippen molar-refractivity contribution in [2.24, 2.45) is 0 Å². The van der Waals surface area contributed by atoms with Gasteiger partial charge in [-0.3, -0.25) is 10.1 Å². The Hall–Kier alpha value is -1.80. The van der Waals surface area contributed by atoms with Crippen LogP contribution >= 0.6 is 11.3 Å². The maximum atomic E-state index is 12.5. The van der Waals surface area contributed by atoms with Crippen molar-refractivity contribution < 1.29 is 13.2 Å². The van der Waals surface area contributed by atoms with Gasteiger partial charge >= 0.3 is 0 Å².